The molecule has 7 nitrogen and oxygen atoms in total. The molecule has 0 radical (unpaired) electrons. The zero-order valence-electron chi connectivity index (χ0n) is 10.1. The Morgan fingerprint density at radius 1 is 1.40 bits per heavy atom. The van der Waals surface area contributed by atoms with E-state index < -0.39 is 16.8 Å². The molecule has 0 aliphatic rings. The van der Waals surface area contributed by atoms with Crippen molar-refractivity contribution in [2.45, 2.75) is 6.92 Å². The van der Waals surface area contributed by atoms with Crippen molar-refractivity contribution < 1.29 is 19.6 Å². The molecule has 0 spiro atoms. The molecule has 2 rings (SSSR count). The van der Waals surface area contributed by atoms with Crippen molar-refractivity contribution in [2.24, 2.45) is 0 Å². The molecular formula is C11H8N2O5S2. The predicted octanol–water partition coefficient (Wildman–Crippen LogP) is 2.98. The van der Waals surface area contributed by atoms with Crippen LogP contribution in [-0.4, -0.2) is 21.9 Å². The topological polar surface area (TPSA) is 110 Å². The van der Waals surface area contributed by atoms with E-state index in [1.165, 1.54) is 11.4 Å². The molecule has 0 fully saturated rings. The second-order valence-corrected chi connectivity index (χ2v) is 5.94. The third kappa shape index (κ3) is 2.83. The fraction of sp³-hybridized carbons (Fsp3) is 0.0909. The lowest BCUT2D eigenvalue weighted by atomic mass is 10.2. The maximum Gasteiger partial charge on any atom is 0.338 e. The molecule has 0 unspecified atom stereocenters. The molecule has 2 aromatic rings. The molecule has 0 saturated heterocycles. The van der Waals surface area contributed by atoms with Gasteiger partial charge in [-0.1, -0.05) is 11.3 Å². The lowest BCUT2D eigenvalue weighted by Crippen LogP contribution is -2.12. The fourth-order valence-electron chi connectivity index (χ4n) is 1.48. The lowest BCUT2D eigenvalue weighted by Gasteiger charge is -2.01. The van der Waals surface area contributed by atoms with Crippen LogP contribution in [0.2, 0.25) is 0 Å². The number of amides is 1. The van der Waals surface area contributed by atoms with Crippen LogP contribution >= 0.6 is 22.7 Å². The summed E-state index contributed by atoms with van der Waals surface area (Å²) in [5.41, 5.74) is 0.134. The molecule has 0 atom stereocenters. The van der Waals surface area contributed by atoms with Crippen LogP contribution in [-0.2, 0) is 0 Å². The van der Waals surface area contributed by atoms with E-state index in [1.807, 2.05) is 0 Å². The van der Waals surface area contributed by atoms with Gasteiger partial charge in [0.25, 0.3) is 5.91 Å². The third-order valence-electron chi connectivity index (χ3n) is 2.34. The van der Waals surface area contributed by atoms with Crippen LogP contribution in [0.1, 0.15) is 25.6 Å². The number of hydrogen-bond donors (Lipinski definition) is 2. The number of nitrogens with one attached hydrogen (secondary N) is 1. The molecule has 1 amide bonds. The average Bonchev–Trinajstić information content (AvgIpc) is 2.95. The number of nitrogens with zero attached hydrogens (tertiary/aromatic N) is 1. The van der Waals surface area contributed by atoms with Gasteiger partial charge in [-0.25, -0.2) is 4.79 Å². The average molecular weight is 312 g/mol. The van der Waals surface area contributed by atoms with Gasteiger partial charge >= 0.3 is 11.0 Å². The maximum absolute atomic E-state index is 11.9. The number of rotatable bonds is 4. The monoisotopic (exact) mass is 312 g/mol. The van der Waals surface area contributed by atoms with E-state index in [9.17, 15) is 19.7 Å². The number of aromatic carboxylic acids is 1. The summed E-state index contributed by atoms with van der Waals surface area (Å²) >= 11 is 1.97. The van der Waals surface area contributed by atoms with Gasteiger partial charge in [0, 0.05) is 16.3 Å². The first-order valence-electron chi connectivity index (χ1n) is 5.26. The summed E-state index contributed by atoms with van der Waals surface area (Å²) in [6, 6.07) is 2.61. The van der Waals surface area contributed by atoms with Gasteiger partial charge in [-0.2, -0.15) is 0 Å². The SMILES string of the molecule is Cc1cc(C(=O)O)c(NC(=O)c2csc([N+](=O)[O-])c2)s1. The summed E-state index contributed by atoms with van der Waals surface area (Å²) in [6.45, 7) is 1.72. The minimum Gasteiger partial charge on any atom is -0.478 e. The molecule has 2 N–H and O–H groups in total. The van der Waals surface area contributed by atoms with Crippen LogP contribution in [0, 0.1) is 17.0 Å². The van der Waals surface area contributed by atoms with E-state index in [2.05, 4.69) is 5.32 Å². The van der Waals surface area contributed by atoms with Crippen molar-refractivity contribution in [1.82, 2.24) is 0 Å². The van der Waals surface area contributed by atoms with Crippen LogP contribution in [0.5, 0.6) is 0 Å². The van der Waals surface area contributed by atoms with E-state index >= 15 is 0 Å². The number of nitro groups is 1. The lowest BCUT2D eigenvalue weighted by molar-refractivity contribution is -0.380. The summed E-state index contributed by atoms with van der Waals surface area (Å²) in [5.74, 6) is -1.71. The highest BCUT2D eigenvalue weighted by Gasteiger charge is 2.19. The van der Waals surface area contributed by atoms with E-state index in [-0.39, 0.29) is 21.1 Å². The van der Waals surface area contributed by atoms with Gasteiger partial charge in [-0.15, -0.1) is 11.3 Å². The summed E-state index contributed by atoms with van der Waals surface area (Å²) in [4.78, 5) is 33.6. The van der Waals surface area contributed by atoms with E-state index in [4.69, 9.17) is 5.11 Å². The normalized spacial score (nSPS) is 10.2. The first-order valence-corrected chi connectivity index (χ1v) is 6.96. The quantitative estimate of drug-likeness (QED) is 0.666. The molecule has 9 heteroatoms. The molecule has 2 aromatic heterocycles. The maximum atomic E-state index is 11.9. The van der Waals surface area contributed by atoms with Crippen molar-refractivity contribution in [3.8, 4) is 0 Å². The van der Waals surface area contributed by atoms with Gasteiger partial charge in [-0.05, 0) is 13.0 Å². The van der Waals surface area contributed by atoms with E-state index in [0.29, 0.717) is 0 Å². The van der Waals surface area contributed by atoms with Crippen molar-refractivity contribution in [3.05, 3.63) is 43.6 Å². The minimum absolute atomic E-state index is 0.00517. The van der Waals surface area contributed by atoms with Crippen molar-refractivity contribution in [3.63, 3.8) is 0 Å². The first kappa shape index (κ1) is 14.2. The zero-order chi connectivity index (χ0) is 14.9. The number of anilines is 1. The van der Waals surface area contributed by atoms with Gasteiger partial charge in [0.2, 0.25) is 0 Å². The second kappa shape index (κ2) is 5.39. The molecule has 0 aromatic carbocycles. The largest absolute Gasteiger partial charge is 0.478 e. The Kier molecular flexibility index (Phi) is 3.81. The number of hydrogen-bond acceptors (Lipinski definition) is 6. The molecule has 20 heavy (non-hydrogen) atoms. The number of carbonyl (C=O) groups excluding carboxylic acids is 1. The minimum atomic E-state index is -1.14. The van der Waals surface area contributed by atoms with Gasteiger partial charge in [-0.3, -0.25) is 14.9 Å². The van der Waals surface area contributed by atoms with Gasteiger partial charge in [0.05, 0.1) is 16.1 Å². The molecule has 0 aliphatic carbocycles. The van der Waals surface area contributed by atoms with Crippen molar-refractivity contribution in [2.75, 3.05) is 5.32 Å². The van der Waals surface area contributed by atoms with Crippen LogP contribution in [0.4, 0.5) is 10.0 Å². The number of carbonyl (C=O) groups is 2. The summed E-state index contributed by atoms with van der Waals surface area (Å²) in [5, 5.41) is 23.5. The molecular weight excluding hydrogens is 304 g/mol. The highest BCUT2D eigenvalue weighted by Crippen LogP contribution is 2.29. The van der Waals surface area contributed by atoms with E-state index in [0.717, 1.165) is 33.6 Å². The molecule has 0 aliphatic heterocycles. The molecule has 0 bridgehead atoms. The summed E-state index contributed by atoms with van der Waals surface area (Å²) < 4.78 is 0. The number of carboxylic acids is 1. The number of thiophene rings is 2. The van der Waals surface area contributed by atoms with Gasteiger partial charge in [0.15, 0.2) is 0 Å². The van der Waals surface area contributed by atoms with Crippen LogP contribution < -0.4 is 5.32 Å². The Labute approximate surface area is 120 Å². The summed E-state index contributed by atoms with van der Waals surface area (Å²) in [7, 11) is 0. The van der Waals surface area contributed by atoms with E-state index in [1.54, 1.807) is 6.92 Å². The highest BCUT2D eigenvalue weighted by molar-refractivity contribution is 7.16. The smallest absolute Gasteiger partial charge is 0.338 e. The number of aryl methyl sites for hydroxylation is 1. The van der Waals surface area contributed by atoms with Crippen LogP contribution in [0.15, 0.2) is 17.5 Å². The molecule has 2 heterocycles. The Balaban J connectivity index is 2.23. The Morgan fingerprint density at radius 2 is 2.10 bits per heavy atom. The standard InChI is InChI=1S/C11H8N2O5S2/c1-5-2-7(11(15)16)10(20-5)12-9(14)6-3-8(13(17)18)19-4-6/h2-4H,1H3,(H,12,14)(H,15,16). The molecule has 104 valence electrons. The number of carboxylic acid groups (broad SMARTS) is 1. The van der Waals surface area contributed by atoms with Crippen molar-refractivity contribution in [1.29, 1.82) is 0 Å². The van der Waals surface area contributed by atoms with Gasteiger partial charge in [0.1, 0.15) is 5.00 Å². The second-order valence-electron chi connectivity index (χ2n) is 3.79. The zero-order valence-corrected chi connectivity index (χ0v) is 11.7. The van der Waals surface area contributed by atoms with Gasteiger partial charge < -0.3 is 10.4 Å². The van der Waals surface area contributed by atoms with Crippen LogP contribution in [0.3, 0.4) is 0 Å². The third-order valence-corrected chi connectivity index (χ3v) is 4.19. The van der Waals surface area contributed by atoms with Crippen LogP contribution in [0.25, 0.3) is 0 Å². The first-order chi connectivity index (χ1) is 9.38. The predicted molar refractivity (Wildman–Crippen MR) is 74.9 cm³/mol. The Morgan fingerprint density at radius 3 is 2.65 bits per heavy atom. The molecule has 0 saturated carbocycles. The van der Waals surface area contributed by atoms with Crippen molar-refractivity contribution >= 4 is 44.6 Å². The summed E-state index contributed by atoms with van der Waals surface area (Å²) in [6.07, 6.45) is 0. The Bertz CT molecular complexity index is 703. The Hall–Kier alpha value is -2.26. The fourth-order valence-corrected chi connectivity index (χ4v) is 3.08. The highest BCUT2D eigenvalue weighted by atomic mass is 32.1.